The number of allylic oxidation sites excluding steroid dienone is 1. The average Bonchev–Trinajstić information content (AvgIpc) is 1.43. The van der Waals surface area contributed by atoms with Crippen LogP contribution in [-0.4, -0.2) is 144 Å². The highest BCUT2D eigenvalue weighted by atomic mass is 19.1. The van der Waals surface area contributed by atoms with Crippen molar-refractivity contribution < 1.29 is 110 Å². The molecule has 3 aromatic rings. The lowest BCUT2D eigenvalue weighted by molar-refractivity contribution is -0.285. The van der Waals surface area contributed by atoms with Crippen LogP contribution < -0.4 is 20.1 Å². The van der Waals surface area contributed by atoms with E-state index in [4.69, 9.17) is 42.6 Å². The summed E-state index contributed by atoms with van der Waals surface area (Å²) >= 11 is 0. The van der Waals surface area contributed by atoms with Gasteiger partial charge >= 0.3 is 41.8 Å². The molecule has 2 amide bonds. The first kappa shape index (κ1) is 64.2. The summed E-state index contributed by atoms with van der Waals surface area (Å²) in [6.07, 6.45) is -3.62. The van der Waals surface area contributed by atoms with Gasteiger partial charge in [-0.1, -0.05) is 32.1 Å². The number of nitrogens with one attached hydrogen (secondary N) is 2. The number of ether oxygens (including phenoxy) is 9. The van der Waals surface area contributed by atoms with Crippen molar-refractivity contribution in [3.63, 3.8) is 0 Å². The van der Waals surface area contributed by atoms with E-state index in [1.807, 2.05) is 13.8 Å². The Morgan fingerprint density at radius 3 is 2.18 bits per heavy atom. The lowest BCUT2D eigenvalue weighted by Crippen LogP contribution is -2.77. The van der Waals surface area contributed by atoms with E-state index in [1.165, 1.54) is 56.7 Å². The fourth-order valence-corrected chi connectivity index (χ4v) is 18.5. The molecule has 2 aromatic carbocycles. The maximum Gasteiger partial charge on any atom is 0.343 e. The molecule has 13 rings (SSSR count). The number of esters is 7. The van der Waals surface area contributed by atoms with E-state index in [2.05, 4.69) is 20.9 Å². The van der Waals surface area contributed by atoms with Gasteiger partial charge in [-0.2, -0.15) is 0 Å². The summed E-state index contributed by atoms with van der Waals surface area (Å²) < 4.78 is 86.1. The molecule has 0 radical (unpaired) electrons. The third-order valence-corrected chi connectivity index (χ3v) is 22.2. The molecule has 2 saturated heterocycles. The maximum absolute atomic E-state index is 15.8. The van der Waals surface area contributed by atoms with Crippen molar-refractivity contribution in [1.29, 1.82) is 0 Å². The van der Waals surface area contributed by atoms with E-state index in [0.717, 1.165) is 32.1 Å². The number of rotatable bonds is 13. The van der Waals surface area contributed by atoms with Crippen molar-refractivity contribution in [2.75, 3.05) is 0 Å². The van der Waals surface area contributed by atoms with Gasteiger partial charge in [-0.3, -0.25) is 38.2 Å². The molecule has 26 nitrogen and oxygen atoms in total. The van der Waals surface area contributed by atoms with Crippen molar-refractivity contribution in [3.8, 4) is 11.5 Å². The van der Waals surface area contributed by atoms with E-state index in [1.54, 1.807) is 26.1 Å². The topological polar surface area (TPSA) is 355 Å². The average molecular weight is 1310 g/mol. The summed E-state index contributed by atoms with van der Waals surface area (Å²) in [5, 5.41) is 53.0. The molecule has 0 bridgehead atoms. The van der Waals surface area contributed by atoms with Gasteiger partial charge in [-0.05, 0) is 80.7 Å². The van der Waals surface area contributed by atoms with Gasteiger partial charge in [0.25, 0.3) is 5.91 Å². The van der Waals surface area contributed by atoms with Crippen LogP contribution in [0.15, 0.2) is 72.1 Å². The fourth-order valence-electron chi connectivity index (χ4n) is 18.5. The van der Waals surface area contributed by atoms with Crippen LogP contribution in [0.5, 0.6) is 11.5 Å². The predicted molar refractivity (Wildman–Crippen MR) is 311 cm³/mol. The molecule has 1 spiro atoms. The van der Waals surface area contributed by atoms with E-state index >= 15 is 8.78 Å². The van der Waals surface area contributed by atoms with E-state index in [0.29, 0.717) is 5.69 Å². The van der Waals surface area contributed by atoms with Crippen LogP contribution in [0.25, 0.3) is 0 Å². The Labute approximate surface area is 535 Å². The Hall–Kier alpha value is -8.47. The Morgan fingerprint density at radius 1 is 0.787 bits per heavy atom. The quantitative estimate of drug-likeness (QED) is 0.0700. The molecule has 10 aliphatic rings. The minimum Gasteiger partial charge on any atom is -0.460 e. The third kappa shape index (κ3) is 9.51. The molecule has 6 fully saturated rings. The van der Waals surface area contributed by atoms with Crippen molar-refractivity contribution in [2.24, 2.45) is 63.6 Å². The summed E-state index contributed by atoms with van der Waals surface area (Å²) in [5.74, 6) is -16.9. The Balaban J connectivity index is 0.735. The number of halogens is 2. The van der Waals surface area contributed by atoms with Crippen molar-refractivity contribution in [2.45, 2.75) is 168 Å². The van der Waals surface area contributed by atoms with Crippen LogP contribution in [-0.2, 0) is 85.4 Å². The SMILES string of the molecule is CC(=O)Oc1cc2c(cc1F)C1(OC(=O)c3cc(C(=O)NCc4cn(CCCC(=O)N[C@@H]5[C@H](O)[C@H]6[C@@H]7[C@@H](O)[C@@H]8[C@H]([C@H](C)C=C9OC(=O)[C@@](C)(O)[C@@]98C)[C@@]7(C)[C@@H](OC(C)=O)[C@@H](OC(C)=O)[C@@H]6[C@]6(C)[C@@H]5C[C@@H]5O[C@@H]5[C@@H]6OC(C)=O)nn4)ccc31)C1C=C(F)C(OC(C)=O)C=C1O2. The number of benzene rings is 2. The van der Waals surface area contributed by atoms with Gasteiger partial charge in [-0.25, -0.2) is 18.4 Å². The summed E-state index contributed by atoms with van der Waals surface area (Å²) in [5.41, 5.74) is -8.28. The van der Waals surface area contributed by atoms with Gasteiger partial charge in [-0.15, -0.1) is 5.10 Å². The Kier molecular flexibility index (Phi) is 15.3. The number of epoxide rings is 1. The number of aryl methyl sites for hydroxylation is 1. The number of hydrogen-bond donors (Lipinski definition) is 5. The molecule has 4 saturated carbocycles. The van der Waals surface area contributed by atoms with Gasteiger partial charge in [0.15, 0.2) is 28.9 Å². The van der Waals surface area contributed by atoms with Gasteiger partial charge in [0.05, 0.1) is 54.0 Å². The number of hydrogen-bond acceptors (Lipinski definition) is 23. The number of aliphatic hydroxyl groups is 3. The monoisotopic (exact) mass is 1310 g/mol. The lowest BCUT2D eigenvalue weighted by Gasteiger charge is -2.67. The van der Waals surface area contributed by atoms with E-state index < -0.39 is 201 Å². The second kappa shape index (κ2) is 22.3. The van der Waals surface area contributed by atoms with Crippen LogP contribution in [0, 0.1) is 69.4 Å². The third-order valence-electron chi connectivity index (χ3n) is 22.2. The summed E-state index contributed by atoms with van der Waals surface area (Å²) in [7, 11) is 0. The van der Waals surface area contributed by atoms with Crippen molar-refractivity contribution in [1.82, 2.24) is 25.6 Å². The number of carbonyl (C=O) groups is 9. The first-order valence-corrected chi connectivity index (χ1v) is 31.3. The molecule has 5 heterocycles. The Morgan fingerprint density at radius 2 is 1.49 bits per heavy atom. The second-order valence-corrected chi connectivity index (χ2v) is 27.4. The van der Waals surface area contributed by atoms with Gasteiger partial charge in [0, 0.05) is 105 Å². The van der Waals surface area contributed by atoms with E-state index in [-0.39, 0.29) is 71.9 Å². The highest BCUT2D eigenvalue weighted by Gasteiger charge is 2.83. The molecule has 6 aliphatic carbocycles. The molecular weight excluding hydrogens is 1240 g/mol. The largest absolute Gasteiger partial charge is 0.460 e. The van der Waals surface area contributed by atoms with Crippen molar-refractivity contribution in [3.05, 3.63) is 106 Å². The summed E-state index contributed by atoms with van der Waals surface area (Å²) in [6, 6.07) is 4.94. The zero-order valence-corrected chi connectivity index (χ0v) is 52.8. The summed E-state index contributed by atoms with van der Waals surface area (Å²) in [4.78, 5) is 120. The number of aliphatic hydroxyl groups excluding tert-OH is 2. The second-order valence-electron chi connectivity index (χ2n) is 27.4. The number of fused-ring (bicyclic) bond motifs is 16. The molecule has 1 aromatic heterocycles. The highest BCUT2D eigenvalue weighted by molar-refractivity contribution is 6.01. The molecule has 22 atom stereocenters. The minimum absolute atomic E-state index is 0.0133. The van der Waals surface area contributed by atoms with Crippen LogP contribution in [0.1, 0.15) is 126 Å². The molecule has 5 N–H and O–H groups in total. The van der Waals surface area contributed by atoms with Gasteiger partial charge in [0.2, 0.25) is 5.91 Å². The van der Waals surface area contributed by atoms with Crippen molar-refractivity contribution >= 4 is 53.6 Å². The molecule has 4 aliphatic heterocycles. The minimum atomic E-state index is -2.17. The number of nitrogens with zero attached hydrogens (tertiary/aromatic N) is 3. The van der Waals surface area contributed by atoms with Crippen LogP contribution in [0.3, 0.4) is 0 Å². The smallest absolute Gasteiger partial charge is 0.343 e. The van der Waals surface area contributed by atoms with Gasteiger partial charge in [0.1, 0.15) is 53.2 Å². The Bertz CT molecular complexity index is 3920. The van der Waals surface area contributed by atoms with Crippen LogP contribution in [0.4, 0.5) is 8.78 Å². The predicted octanol–water partition coefficient (Wildman–Crippen LogP) is 3.93. The molecule has 3 unspecified atom stereocenters. The zero-order chi connectivity index (χ0) is 67.5. The first-order chi connectivity index (χ1) is 44.3. The lowest BCUT2D eigenvalue weighted by atomic mass is 9.40. The highest BCUT2D eigenvalue weighted by Crippen LogP contribution is 2.76. The normalized spacial score (nSPS) is 38.7. The summed E-state index contributed by atoms with van der Waals surface area (Å²) in [6.45, 7) is 14.2. The number of aromatic nitrogens is 3. The maximum atomic E-state index is 15.8. The molecule has 28 heteroatoms. The fraction of sp³-hybridized carbons (Fsp3) is 0.561. The standard InChI is InChI=1S/C66H71F2N5O21/c1-25-16-45-64(9,65(10,85)61(84)93-45)51-48(25)63(8)49(54(51)81)47-50(56(88-28(4)76)58(63)90-30(6)78)62(7)37(20-44-55(92-44)57(62)89-29(5)77)52(53(47)80)70-46(79)12-11-15-73-24-32(71-72-73)23-69-59(82)31-13-14-34-33(17-31)60(83)94-66(34)35-18-38(67)42(86-26(2)74)21-40(35)91-41-22-43(87-27(3)75)39(68)19-36(41)66/h13-14,16-19,21-22,24-25,35,37,42,44,47-58,80-81,85H,11-12,15,20,23H2,1-10H3,(H,69,82)(H,70,79)/t25-,35?,37-,42?,44+,47+,48+,49-,50-,51+,52+,53-,54-,55+,56+,57+,58+,62+,63-,64+,65-,66?/m1/s1. The van der Waals surface area contributed by atoms with E-state index in [9.17, 15) is 58.5 Å². The molecule has 94 heavy (non-hydrogen) atoms. The van der Waals surface area contributed by atoms with Crippen LogP contribution >= 0.6 is 0 Å². The zero-order valence-electron chi connectivity index (χ0n) is 52.8. The molecule has 500 valence electrons. The van der Waals surface area contributed by atoms with Gasteiger partial charge < -0.3 is 68.6 Å². The van der Waals surface area contributed by atoms with Crippen LogP contribution in [0.2, 0.25) is 0 Å². The number of amides is 2. The molecular formula is C66H71F2N5O21. The number of carbonyl (C=O) groups excluding carboxylic acids is 9. The first-order valence-electron chi connectivity index (χ1n) is 31.3.